The minimum atomic E-state index is -3.11. The minimum absolute atomic E-state index is 0.0204. The maximum absolute atomic E-state index is 14.4. The lowest BCUT2D eigenvalue weighted by atomic mass is 9.73. The van der Waals surface area contributed by atoms with Gasteiger partial charge < -0.3 is 10.0 Å². The Morgan fingerprint density at radius 3 is 2.29 bits per heavy atom. The van der Waals surface area contributed by atoms with Gasteiger partial charge in [-0.1, -0.05) is 0 Å². The molecule has 0 amide bonds. The molecule has 3 heterocycles. The summed E-state index contributed by atoms with van der Waals surface area (Å²) in [6, 6.07) is 8.51. The van der Waals surface area contributed by atoms with E-state index >= 15 is 0 Å². The van der Waals surface area contributed by atoms with Crippen molar-refractivity contribution in [3.63, 3.8) is 0 Å². The Morgan fingerprint density at radius 1 is 1.06 bits per heavy atom. The lowest BCUT2D eigenvalue weighted by Crippen LogP contribution is -2.61. The van der Waals surface area contributed by atoms with E-state index in [1.54, 1.807) is 12.1 Å². The molecular weight excluding hydrogens is 426 g/mol. The van der Waals surface area contributed by atoms with E-state index in [0.29, 0.717) is 18.8 Å². The summed E-state index contributed by atoms with van der Waals surface area (Å²) in [7, 11) is -3.11. The highest BCUT2D eigenvalue weighted by atomic mass is 32.2. The first kappa shape index (κ1) is 20.2. The van der Waals surface area contributed by atoms with Gasteiger partial charge in [-0.25, -0.2) is 26.2 Å². The second-order valence-electron chi connectivity index (χ2n) is 8.55. The van der Waals surface area contributed by atoms with Gasteiger partial charge >= 0.3 is 0 Å². The first-order valence-corrected chi connectivity index (χ1v) is 11.9. The summed E-state index contributed by atoms with van der Waals surface area (Å²) in [5.74, 6) is -3.08. The molecule has 7 nitrogen and oxygen atoms in total. The summed E-state index contributed by atoms with van der Waals surface area (Å²) < 4.78 is 54.2. The number of hydrogen-bond acceptors (Lipinski definition) is 5. The number of piperidine rings is 1. The SMILES string of the molecule is CS(=O)(=O)N1CC2(CCN(c3ccc(-n4ncc5cc(F)c(O)c(F)c54)cc3)CC2)C1. The van der Waals surface area contributed by atoms with Crippen LogP contribution in [0.3, 0.4) is 0 Å². The fourth-order valence-electron chi connectivity index (χ4n) is 4.60. The van der Waals surface area contributed by atoms with E-state index in [-0.39, 0.29) is 16.3 Å². The molecule has 2 aliphatic rings. The molecule has 2 fully saturated rings. The number of benzene rings is 2. The maximum atomic E-state index is 14.4. The normalized spacial score (nSPS) is 19.1. The maximum Gasteiger partial charge on any atom is 0.211 e. The molecule has 0 aliphatic carbocycles. The Balaban J connectivity index is 1.32. The van der Waals surface area contributed by atoms with Crippen molar-refractivity contribution in [2.75, 3.05) is 37.3 Å². The molecule has 2 saturated heterocycles. The van der Waals surface area contributed by atoms with Crippen LogP contribution in [0.25, 0.3) is 16.6 Å². The first-order valence-electron chi connectivity index (χ1n) is 10.0. The van der Waals surface area contributed by atoms with Crippen LogP contribution in [0.4, 0.5) is 14.5 Å². The van der Waals surface area contributed by atoms with Crippen molar-refractivity contribution in [3.8, 4) is 11.4 Å². The quantitative estimate of drug-likeness (QED) is 0.667. The van der Waals surface area contributed by atoms with Gasteiger partial charge in [0.1, 0.15) is 5.52 Å². The van der Waals surface area contributed by atoms with Crippen molar-refractivity contribution in [1.82, 2.24) is 14.1 Å². The van der Waals surface area contributed by atoms with Crippen LogP contribution in [0.5, 0.6) is 5.75 Å². The Morgan fingerprint density at radius 2 is 1.68 bits per heavy atom. The molecule has 2 aliphatic heterocycles. The highest BCUT2D eigenvalue weighted by Gasteiger charge is 2.48. The third-order valence-electron chi connectivity index (χ3n) is 6.50. The second-order valence-corrected chi connectivity index (χ2v) is 10.5. The zero-order valence-electron chi connectivity index (χ0n) is 16.9. The van der Waals surface area contributed by atoms with E-state index in [2.05, 4.69) is 10.00 Å². The fourth-order valence-corrected chi connectivity index (χ4v) is 5.62. The number of aromatic hydroxyl groups is 1. The monoisotopic (exact) mass is 448 g/mol. The summed E-state index contributed by atoms with van der Waals surface area (Å²) in [5, 5.41) is 14.0. The molecule has 164 valence electrons. The van der Waals surface area contributed by atoms with Crippen LogP contribution < -0.4 is 4.90 Å². The van der Waals surface area contributed by atoms with Gasteiger partial charge in [-0.2, -0.15) is 5.10 Å². The van der Waals surface area contributed by atoms with Crippen LogP contribution in [0.1, 0.15) is 12.8 Å². The third kappa shape index (κ3) is 3.34. The second kappa shape index (κ2) is 6.89. The Kier molecular flexibility index (Phi) is 4.49. The molecule has 0 saturated carbocycles. The minimum Gasteiger partial charge on any atom is -0.503 e. The van der Waals surface area contributed by atoms with E-state index in [1.807, 2.05) is 12.1 Å². The molecule has 1 aromatic heterocycles. The lowest BCUT2D eigenvalue weighted by Gasteiger charge is -2.53. The molecule has 1 spiro atoms. The van der Waals surface area contributed by atoms with Crippen molar-refractivity contribution in [3.05, 3.63) is 48.2 Å². The Labute approximate surface area is 178 Å². The van der Waals surface area contributed by atoms with Crippen LogP contribution in [0.15, 0.2) is 36.5 Å². The molecule has 5 rings (SSSR count). The van der Waals surface area contributed by atoms with Gasteiger partial charge in [-0.15, -0.1) is 0 Å². The van der Waals surface area contributed by atoms with Crippen molar-refractivity contribution >= 4 is 26.6 Å². The molecule has 0 unspecified atom stereocenters. The van der Waals surface area contributed by atoms with Gasteiger partial charge in [0.2, 0.25) is 10.0 Å². The molecule has 3 aromatic rings. The van der Waals surface area contributed by atoms with Gasteiger partial charge in [0.25, 0.3) is 0 Å². The van der Waals surface area contributed by atoms with Crippen LogP contribution in [-0.2, 0) is 10.0 Å². The van der Waals surface area contributed by atoms with E-state index < -0.39 is 27.4 Å². The van der Waals surface area contributed by atoms with Crippen LogP contribution in [-0.4, -0.2) is 60.0 Å². The molecule has 0 radical (unpaired) electrons. The fraction of sp³-hybridized carbons (Fsp3) is 0.381. The molecule has 10 heteroatoms. The zero-order valence-corrected chi connectivity index (χ0v) is 17.7. The molecule has 1 N–H and O–H groups in total. The number of fused-ring (bicyclic) bond motifs is 1. The molecular formula is C21H22F2N4O3S. The lowest BCUT2D eigenvalue weighted by molar-refractivity contribution is 0.0443. The topological polar surface area (TPSA) is 78.7 Å². The molecule has 2 aromatic carbocycles. The summed E-state index contributed by atoms with van der Waals surface area (Å²) >= 11 is 0. The zero-order chi connectivity index (χ0) is 22.0. The highest BCUT2D eigenvalue weighted by Crippen LogP contribution is 2.42. The Bertz CT molecular complexity index is 1260. The van der Waals surface area contributed by atoms with Gasteiger partial charge in [0.05, 0.1) is 18.1 Å². The number of halogens is 2. The summed E-state index contributed by atoms with van der Waals surface area (Å²) in [6.45, 7) is 2.88. The van der Waals surface area contributed by atoms with Crippen molar-refractivity contribution in [1.29, 1.82) is 0 Å². The standard InChI is InChI=1S/C21H22F2N4O3S/c1-31(29,30)26-12-21(13-26)6-8-25(9-7-21)15-2-4-16(5-3-15)27-19-14(11-24-27)10-17(22)20(28)18(19)23/h2-5,10-11,28H,6-9,12-13H2,1H3. The van der Waals surface area contributed by atoms with Crippen LogP contribution in [0.2, 0.25) is 0 Å². The smallest absolute Gasteiger partial charge is 0.211 e. The van der Waals surface area contributed by atoms with E-state index in [4.69, 9.17) is 0 Å². The van der Waals surface area contributed by atoms with Crippen molar-refractivity contribution in [2.24, 2.45) is 5.41 Å². The number of phenolic OH excluding ortho intramolecular Hbond substituents is 1. The largest absolute Gasteiger partial charge is 0.503 e. The highest BCUT2D eigenvalue weighted by molar-refractivity contribution is 7.88. The van der Waals surface area contributed by atoms with Gasteiger partial charge in [0.15, 0.2) is 17.4 Å². The summed E-state index contributed by atoms with van der Waals surface area (Å²) in [4.78, 5) is 2.25. The molecule has 0 bridgehead atoms. The van der Waals surface area contributed by atoms with Gasteiger partial charge in [-0.05, 0) is 43.2 Å². The molecule has 31 heavy (non-hydrogen) atoms. The predicted molar refractivity (Wildman–Crippen MR) is 113 cm³/mol. The van der Waals surface area contributed by atoms with E-state index in [0.717, 1.165) is 37.7 Å². The van der Waals surface area contributed by atoms with E-state index in [9.17, 15) is 22.3 Å². The first-order chi connectivity index (χ1) is 14.7. The van der Waals surface area contributed by atoms with Gasteiger partial charge in [-0.3, -0.25) is 0 Å². The van der Waals surface area contributed by atoms with Crippen LogP contribution in [0, 0.1) is 17.0 Å². The number of sulfonamides is 1. The number of hydrogen-bond donors (Lipinski definition) is 1. The van der Waals surface area contributed by atoms with E-state index in [1.165, 1.54) is 21.4 Å². The third-order valence-corrected chi connectivity index (χ3v) is 7.69. The summed E-state index contributed by atoms with van der Waals surface area (Å²) in [6.07, 6.45) is 4.47. The number of rotatable bonds is 3. The van der Waals surface area contributed by atoms with Crippen LogP contribution >= 0.6 is 0 Å². The number of anilines is 1. The Hall–Kier alpha value is -2.72. The number of aromatic nitrogens is 2. The van der Waals surface area contributed by atoms with Crippen molar-refractivity contribution < 1.29 is 22.3 Å². The van der Waals surface area contributed by atoms with Crippen molar-refractivity contribution in [2.45, 2.75) is 12.8 Å². The van der Waals surface area contributed by atoms with Gasteiger partial charge in [0, 0.05) is 42.7 Å². The number of phenols is 1. The average molecular weight is 448 g/mol. The predicted octanol–water partition coefficient (Wildman–Crippen LogP) is 2.87. The average Bonchev–Trinajstić information content (AvgIpc) is 3.13. The summed E-state index contributed by atoms with van der Waals surface area (Å²) in [5.41, 5.74) is 1.72. The number of nitrogens with zero attached hydrogens (tertiary/aromatic N) is 4. The molecule has 0 atom stereocenters.